The van der Waals surface area contributed by atoms with Gasteiger partial charge in [-0.2, -0.15) is 5.26 Å². The second-order valence-corrected chi connectivity index (χ2v) is 5.09. The second kappa shape index (κ2) is 6.24. The molecule has 0 spiro atoms. The first-order chi connectivity index (χ1) is 10.0. The molecule has 2 N–H and O–H groups in total. The number of phenolic OH excluding ortho intramolecular Hbond substituents is 1. The minimum absolute atomic E-state index is 0.121. The van der Waals surface area contributed by atoms with Crippen molar-refractivity contribution in [1.29, 1.82) is 5.26 Å². The topological polar surface area (TPSA) is 99.2 Å². The predicted octanol–water partition coefficient (Wildman–Crippen LogP) is 3.55. The van der Waals surface area contributed by atoms with Gasteiger partial charge >= 0.3 is 0 Å². The van der Waals surface area contributed by atoms with Gasteiger partial charge in [0, 0.05) is 18.7 Å². The summed E-state index contributed by atoms with van der Waals surface area (Å²) in [5.41, 5.74) is 1.50. The number of phenols is 1. The van der Waals surface area contributed by atoms with Gasteiger partial charge in [-0.1, -0.05) is 6.07 Å². The van der Waals surface area contributed by atoms with Crippen LogP contribution in [0.5, 0.6) is 5.75 Å². The molecule has 0 bridgehead atoms. The molecule has 0 fully saturated rings. The first kappa shape index (κ1) is 14.8. The molecule has 2 rings (SSSR count). The molecule has 0 aliphatic heterocycles. The Balaban J connectivity index is 2.18. The summed E-state index contributed by atoms with van der Waals surface area (Å²) < 4.78 is 0.575. The Labute approximate surface area is 128 Å². The number of nitrogens with zero attached hydrogens (tertiary/aromatic N) is 2. The zero-order valence-corrected chi connectivity index (χ0v) is 12.3. The van der Waals surface area contributed by atoms with Gasteiger partial charge in [0.2, 0.25) is 0 Å². The van der Waals surface area contributed by atoms with Crippen LogP contribution in [0.15, 0.2) is 40.9 Å². The number of benzene rings is 2. The fourth-order valence-corrected chi connectivity index (χ4v) is 2.18. The van der Waals surface area contributed by atoms with Gasteiger partial charge < -0.3 is 10.4 Å². The minimum Gasteiger partial charge on any atom is -0.507 e. The number of aromatic hydroxyl groups is 1. The zero-order chi connectivity index (χ0) is 15.4. The lowest BCUT2D eigenvalue weighted by Gasteiger charge is -2.09. The average Bonchev–Trinajstić information content (AvgIpc) is 2.48. The van der Waals surface area contributed by atoms with Gasteiger partial charge in [-0.3, -0.25) is 10.1 Å². The van der Waals surface area contributed by atoms with Crippen LogP contribution in [0.4, 0.5) is 11.4 Å². The molecule has 0 unspecified atom stereocenters. The number of nitro benzene ring substituents is 1. The number of nitro groups is 1. The Hall–Kier alpha value is -2.59. The van der Waals surface area contributed by atoms with Gasteiger partial charge in [0.15, 0.2) is 0 Å². The van der Waals surface area contributed by atoms with E-state index in [1.165, 1.54) is 18.2 Å². The highest BCUT2D eigenvalue weighted by Crippen LogP contribution is 2.26. The second-order valence-electron chi connectivity index (χ2n) is 4.24. The van der Waals surface area contributed by atoms with Gasteiger partial charge in [0.05, 0.1) is 20.6 Å². The van der Waals surface area contributed by atoms with E-state index >= 15 is 0 Å². The Morgan fingerprint density at radius 2 is 2.10 bits per heavy atom. The van der Waals surface area contributed by atoms with Crippen LogP contribution < -0.4 is 5.32 Å². The van der Waals surface area contributed by atoms with E-state index in [1.54, 1.807) is 18.2 Å². The molecule has 0 aromatic heterocycles. The van der Waals surface area contributed by atoms with Gasteiger partial charge in [-0.05, 0) is 39.7 Å². The summed E-state index contributed by atoms with van der Waals surface area (Å²) in [6.07, 6.45) is 0. The van der Waals surface area contributed by atoms with Crippen LogP contribution in [0.25, 0.3) is 0 Å². The highest BCUT2D eigenvalue weighted by atomic mass is 79.9. The van der Waals surface area contributed by atoms with Crippen molar-refractivity contribution in [2.75, 3.05) is 5.32 Å². The molecule has 0 aliphatic rings. The molecule has 0 saturated heterocycles. The number of non-ortho nitro benzene ring substituents is 1. The Bertz CT molecular complexity index is 741. The number of hydrogen-bond donors (Lipinski definition) is 2. The highest BCUT2D eigenvalue weighted by Gasteiger charge is 2.10. The van der Waals surface area contributed by atoms with Crippen LogP contribution >= 0.6 is 15.9 Å². The number of hydrogen-bond acceptors (Lipinski definition) is 5. The van der Waals surface area contributed by atoms with Gasteiger partial charge in [-0.25, -0.2) is 0 Å². The first-order valence-electron chi connectivity index (χ1n) is 5.91. The molecule has 106 valence electrons. The van der Waals surface area contributed by atoms with Gasteiger partial charge in [0.1, 0.15) is 11.8 Å². The third-order valence-electron chi connectivity index (χ3n) is 2.83. The molecular formula is C14H10BrN3O3. The van der Waals surface area contributed by atoms with E-state index in [0.29, 0.717) is 16.7 Å². The monoisotopic (exact) mass is 347 g/mol. The quantitative estimate of drug-likeness (QED) is 0.650. The standard InChI is InChI=1S/C14H10BrN3O3/c15-12-5-9(1-4-14(12)19)8-17-13-3-2-11(18(20)21)6-10(13)7-16/h1-6,17,19H,8H2. The summed E-state index contributed by atoms with van der Waals surface area (Å²) in [6, 6.07) is 11.1. The predicted molar refractivity (Wildman–Crippen MR) is 80.9 cm³/mol. The normalized spacial score (nSPS) is 9.90. The summed E-state index contributed by atoms with van der Waals surface area (Å²) in [6.45, 7) is 0.422. The maximum Gasteiger partial charge on any atom is 0.270 e. The zero-order valence-electron chi connectivity index (χ0n) is 10.7. The summed E-state index contributed by atoms with van der Waals surface area (Å²) >= 11 is 3.22. The number of nitriles is 1. The van der Waals surface area contributed by atoms with Crippen LogP contribution in [0.1, 0.15) is 11.1 Å². The lowest BCUT2D eigenvalue weighted by molar-refractivity contribution is -0.384. The van der Waals surface area contributed by atoms with E-state index in [0.717, 1.165) is 5.56 Å². The molecule has 0 atom stereocenters. The van der Waals surface area contributed by atoms with Crippen LogP contribution in [0.3, 0.4) is 0 Å². The summed E-state index contributed by atoms with van der Waals surface area (Å²) in [5.74, 6) is 0.145. The smallest absolute Gasteiger partial charge is 0.270 e. The summed E-state index contributed by atoms with van der Waals surface area (Å²) in [4.78, 5) is 10.1. The third-order valence-corrected chi connectivity index (χ3v) is 3.46. The largest absolute Gasteiger partial charge is 0.507 e. The van der Waals surface area contributed by atoms with Crippen LogP contribution in [-0.4, -0.2) is 10.0 Å². The summed E-state index contributed by atoms with van der Waals surface area (Å²) in [5, 5.41) is 32.2. The molecule has 7 heteroatoms. The molecule has 0 heterocycles. The van der Waals surface area contributed by atoms with E-state index in [4.69, 9.17) is 5.26 Å². The van der Waals surface area contributed by atoms with E-state index in [1.807, 2.05) is 6.07 Å². The number of halogens is 1. The van der Waals surface area contributed by atoms with Crippen LogP contribution in [0.2, 0.25) is 0 Å². The molecule has 0 radical (unpaired) electrons. The van der Waals surface area contributed by atoms with Crippen molar-refractivity contribution >= 4 is 27.3 Å². The van der Waals surface area contributed by atoms with Crippen LogP contribution in [0, 0.1) is 21.4 Å². The average molecular weight is 348 g/mol. The Morgan fingerprint density at radius 1 is 1.33 bits per heavy atom. The highest BCUT2D eigenvalue weighted by molar-refractivity contribution is 9.10. The van der Waals surface area contributed by atoms with E-state index in [-0.39, 0.29) is 17.0 Å². The van der Waals surface area contributed by atoms with Crippen molar-refractivity contribution in [3.8, 4) is 11.8 Å². The molecule has 6 nitrogen and oxygen atoms in total. The summed E-state index contributed by atoms with van der Waals surface area (Å²) in [7, 11) is 0. The fourth-order valence-electron chi connectivity index (χ4n) is 1.75. The number of anilines is 1. The van der Waals surface area contributed by atoms with Gasteiger partial charge in [0.25, 0.3) is 5.69 Å². The van der Waals surface area contributed by atoms with Crippen LogP contribution in [-0.2, 0) is 6.54 Å². The Morgan fingerprint density at radius 3 is 2.71 bits per heavy atom. The van der Waals surface area contributed by atoms with Crippen molar-refractivity contribution < 1.29 is 10.0 Å². The van der Waals surface area contributed by atoms with Crippen molar-refractivity contribution in [2.45, 2.75) is 6.54 Å². The molecule has 2 aromatic rings. The maximum absolute atomic E-state index is 10.7. The first-order valence-corrected chi connectivity index (χ1v) is 6.70. The SMILES string of the molecule is N#Cc1cc([N+](=O)[O-])ccc1NCc1ccc(O)c(Br)c1. The molecular weight excluding hydrogens is 338 g/mol. The fraction of sp³-hybridized carbons (Fsp3) is 0.0714. The van der Waals surface area contributed by atoms with Crippen molar-refractivity contribution in [2.24, 2.45) is 0 Å². The van der Waals surface area contributed by atoms with Crippen molar-refractivity contribution in [3.63, 3.8) is 0 Å². The third kappa shape index (κ3) is 3.49. The lowest BCUT2D eigenvalue weighted by Crippen LogP contribution is -2.02. The molecule has 0 amide bonds. The molecule has 2 aromatic carbocycles. The Kier molecular flexibility index (Phi) is 4.40. The molecule has 0 saturated carbocycles. The van der Waals surface area contributed by atoms with E-state index in [2.05, 4.69) is 21.2 Å². The minimum atomic E-state index is -0.540. The number of rotatable bonds is 4. The van der Waals surface area contributed by atoms with E-state index in [9.17, 15) is 15.2 Å². The maximum atomic E-state index is 10.7. The van der Waals surface area contributed by atoms with E-state index < -0.39 is 4.92 Å². The lowest BCUT2D eigenvalue weighted by atomic mass is 10.1. The molecule has 0 aliphatic carbocycles. The number of nitrogens with one attached hydrogen (secondary N) is 1. The molecule has 21 heavy (non-hydrogen) atoms. The van der Waals surface area contributed by atoms with Crippen molar-refractivity contribution in [1.82, 2.24) is 0 Å². The van der Waals surface area contributed by atoms with Gasteiger partial charge in [-0.15, -0.1) is 0 Å². The van der Waals surface area contributed by atoms with Crippen molar-refractivity contribution in [3.05, 3.63) is 62.1 Å².